The van der Waals surface area contributed by atoms with Gasteiger partial charge in [0.15, 0.2) is 23.0 Å². The molecule has 1 saturated heterocycles. The van der Waals surface area contributed by atoms with Gasteiger partial charge in [0.05, 0.1) is 87.0 Å². The number of nitrogens with two attached hydrogens (primary N) is 1. The Morgan fingerprint density at radius 1 is 0.400 bits per heavy atom. The van der Waals surface area contributed by atoms with E-state index in [1.54, 1.807) is 30.3 Å². The number of aromatic nitrogens is 10. The van der Waals surface area contributed by atoms with E-state index in [-0.39, 0.29) is 55.4 Å². The second-order valence-corrected chi connectivity index (χ2v) is 39.5. The zero-order valence-corrected chi connectivity index (χ0v) is 86.5. The fraction of sp³-hybridized carbons (Fsp3) is 0.368. The molecule has 6 aliphatic rings. The monoisotopic (exact) mass is 2050 g/mol. The highest BCUT2D eigenvalue weighted by Gasteiger charge is 2.35. The molecule has 10 aromatic carbocycles. The highest BCUT2D eigenvalue weighted by atomic mass is 32.2. The molecule has 21 rings (SSSR count). The van der Waals surface area contributed by atoms with Gasteiger partial charge in [-0.05, 0) is 300 Å². The van der Waals surface area contributed by atoms with Crippen molar-refractivity contribution < 1.29 is 84.6 Å². The molecule has 0 radical (unpaired) electrons. The quantitative estimate of drug-likeness (QED) is 0.0181. The fourth-order valence-corrected chi connectivity index (χ4v) is 20.8. The van der Waals surface area contributed by atoms with Gasteiger partial charge in [0.25, 0.3) is 29.5 Å². The molecular weight excluding hydrogens is 1930 g/mol. The van der Waals surface area contributed by atoms with Gasteiger partial charge in [0.2, 0.25) is 39.1 Å². The van der Waals surface area contributed by atoms with Crippen LogP contribution in [0.25, 0.3) is 114 Å². The Hall–Kier alpha value is -14.9. The van der Waals surface area contributed by atoms with Crippen LogP contribution in [0.3, 0.4) is 0 Å². The number of benzene rings is 10. The maximum Gasteiger partial charge on any atom is 0.258 e. The number of aliphatic hydroxyl groups excluding tert-OH is 4. The van der Waals surface area contributed by atoms with Crippen molar-refractivity contribution in [1.29, 1.82) is 10.5 Å². The molecule has 5 aromatic heterocycles. The molecule has 15 aromatic rings. The Morgan fingerprint density at radius 3 is 1.04 bits per heavy atom. The zero-order valence-electron chi connectivity index (χ0n) is 85.7. The van der Waals surface area contributed by atoms with Crippen molar-refractivity contribution in [2.45, 2.75) is 195 Å². The van der Waals surface area contributed by atoms with Crippen molar-refractivity contribution in [2.75, 3.05) is 78.1 Å². The maximum atomic E-state index is 12.7. The minimum Gasteiger partial charge on any atom is -0.491 e. The standard InChI is InChI=1S/C26H29N5O4S.C23H28N4O3.C23H24N4O3.2C21H22N2O4/c1-17(2)34-24-10-7-18(15-19(24)16-27)26-28-25(29-35-26)22-6-3-5-21-20(22)8-9-23(21)30-36(32,33)14-13-31-11-4-12-31;2*1-14(2)29-21-9-6-15(12-16(21)13-24)23-26-22(27-30-23)19-5-3-4-18-17(19)7-8-20(18)25-10-11-28;2*1-3-25-18-11-8-13(12-19(18)26-4-2)21-22-20(23-27-21)16-7-5-6-15-14(16)9-10-17(15)24/h3,5-7,10,15,17,23,30H,4,8-9,11-14H2,1-2H3;3-6,9,12,14,20,25,28H,7-8,10-11,13,24H2,1-2H3;3-6,9,12,14,20,25,28H,7-8,10-11H2,1-2H3;2*5-8,11-12,17,24H,3-4,9-10H2,1-2H3/t23-;2*20-;2*17-/m01010/s1. The number of hydrogen-bond acceptors (Lipinski definition) is 34. The van der Waals surface area contributed by atoms with E-state index in [0.29, 0.717) is 181 Å². The summed E-state index contributed by atoms with van der Waals surface area (Å²) >= 11 is 0. The molecule has 0 unspecified atom stereocenters. The van der Waals surface area contributed by atoms with Gasteiger partial charge in [-0.15, -0.1) is 0 Å². The third-order valence-corrected chi connectivity index (χ3v) is 27.8. The van der Waals surface area contributed by atoms with Crippen LogP contribution in [0, 0.1) is 22.7 Å². The summed E-state index contributed by atoms with van der Waals surface area (Å²) in [7, 11) is -3.38. The van der Waals surface area contributed by atoms with Gasteiger partial charge in [-0.25, -0.2) is 13.1 Å². The first kappa shape index (κ1) is 106. The largest absolute Gasteiger partial charge is 0.491 e. The summed E-state index contributed by atoms with van der Waals surface area (Å²) in [5, 5.41) is 85.1. The third kappa shape index (κ3) is 24.9. The summed E-state index contributed by atoms with van der Waals surface area (Å²) in [5.41, 5.74) is 26.9. The molecule has 0 bridgehead atoms. The van der Waals surface area contributed by atoms with E-state index in [4.69, 9.17) is 71.7 Å². The van der Waals surface area contributed by atoms with Crippen LogP contribution < -0.4 is 54.2 Å². The highest BCUT2D eigenvalue weighted by molar-refractivity contribution is 7.89. The number of nitrogens with one attached hydrogen (secondary N) is 3. The second-order valence-electron chi connectivity index (χ2n) is 37.6. The molecule has 1 aliphatic heterocycles. The highest BCUT2D eigenvalue weighted by Crippen LogP contribution is 2.46. The lowest BCUT2D eigenvalue weighted by Gasteiger charge is -2.30. The van der Waals surface area contributed by atoms with Crippen molar-refractivity contribution in [1.82, 2.24) is 71.0 Å². The number of aliphatic hydroxyl groups is 4. The van der Waals surface area contributed by atoms with Crippen LogP contribution in [0.5, 0.6) is 40.2 Å². The molecule has 36 heteroatoms. The van der Waals surface area contributed by atoms with E-state index >= 15 is 0 Å². The SMILES string of the molecule is CC(C)Oc1ccc(-c2nc(-c3cccc4c3CC[C@@H]4NCCO)no2)cc1C#N.CC(C)Oc1ccc(-c2nc(-c3cccc4c3CC[C@@H]4NS(=O)(=O)CCN3CCC3)no2)cc1C#N.CC(C)Oc1ccc(-c2nc(-c3cccc4c3CC[C@H]4NCCO)no2)cc1CN.CCOc1ccc(-c2nc(-c3cccc4c3CC[C@@H]4O)no2)cc1OCC.CCOc1ccc(-c2nc(-c3cccc4c3CC[C@H]4O)no2)cc1OCC. The molecule has 0 saturated carbocycles. The van der Waals surface area contributed by atoms with Crippen molar-refractivity contribution in [3.05, 3.63) is 254 Å². The first-order valence-electron chi connectivity index (χ1n) is 51.2. The van der Waals surface area contributed by atoms with Crippen molar-refractivity contribution in [3.63, 3.8) is 0 Å². The number of fused-ring (bicyclic) bond motifs is 5. The van der Waals surface area contributed by atoms with Gasteiger partial charge in [-0.2, -0.15) is 35.4 Å². The van der Waals surface area contributed by atoms with Crippen molar-refractivity contribution in [2.24, 2.45) is 5.73 Å². The van der Waals surface area contributed by atoms with Crippen LogP contribution in [0.15, 0.2) is 205 Å². The van der Waals surface area contributed by atoms with Gasteiger partial charge in [0, 0.05) is 106 Å². The Balaban J connectivity index is 0.000000128. The molecule has 150 heavy (non-hydrogen) atoms. The minimum absolute atomic E-state index is 0.0196. The van der Waals surface area contributed by atoms with E-state index in [1.807, 2.05) is 209 Å². The molecule has 780 valence electrons. The topological polar surface area (TPSA) is 487 Å². The van der Waals surface area contributed by atoms with Crippen molar-refractivity contribution >= 4 is 10.0 Å². The number of likely N-dealkylation sites (tertiary alicyclic amines) is 1. The number of nitrogens with zero attached hydrogens (tertiary/aromatic N) is 13. The van der Waals surface area contributed by atoms with E-state index in [2.05, 4.69) is 95.2 Å². The number of nitriles is 2. The smallest absolute Gasteiger partial charge is 0.258 e. The number of ether oxygens (including phenoxy) is 7. The summed E-state index contributed by atoms with van der Waals surface area (Å²) in [5.74, 6) is 9.21. The molecular formula is C114H125N17O18S. The fourth-order valence-electron chi connectivity index (χ4n) is 19.5. The summed E-state index contributed by atoms with van der Waals surface area (Å²) in [4.78, 5) is 25.1. The van der Waals surface area contributed by atoms with Crippen LogP contribution in [-0.2, 0) is 48.7 Å². The first-order chi connectivity index (χ1) is 72.9. The summed E-state index contributed by atoms with van der Waals surface area (Å²) in [6.07, 6.45) is 8.64. The second kappa shape index (κ2) is 49.5. The van der Waals surface area contributed by atoms with E-state index in [9.17, 15) is 29.2 Å². The van der Waals surface area contributed by atoms with E-state index in [1.165, 1.54) is 22.3 Å². The van der Waals surface area contributed by atoms with Gasteiger partial charge in [-0.3, -0.25) is 0 Å². The number of sulfonamides is 1. The van der Waals surface area contributed by atoms with Crippen LogP contribution in [-0.4, -0.2) is 181 Å². The Kier molecular flexibility index (Phi) is 35.1. The lowest BCUT2D eigenvalue weighted by Crippen LogP contribution is -2.42. The van der Waals surface area contributed by atoms with Gasteiger partial charge in [0.1, 0.15) is 29.4 Å². The summed E-state index contributed by atoms with van der Waals surface area (Å²) in [6, 6.07) is 61.7. The molecule has 1 fully saturated rings. The molecule has 0 spiro atoms. The van der Waals surface area contributed by atoms with Crippen LogP contribution in [0.2, 0.25) is 0 Å². The van der Waals surface area contributed by atoms with Crippen LogP contribution in [0.4, 0.5) is 0 Å². The lowest BCUT2D eigenvalue weighted by molar-refractivity contribution is 0.179. The third-order valence-electron chi connectivity index (χ3n) is 26.5. The number of hydrogen-bond donors (Lipinski definition) is 8. The number of rotatable bonds is 36. The molecule has 5 aliphatic carbocycles. The first-order valence-corrected chi connectivity index (χ1v) is 52.9. The summed E-state index contributed by atoms with van der Waals surface area (Å²) in [6.45, 7) is 25.8. The molecule has 9 N–H and O–H groups in total. The van der Waals surface area contributed by atoms with Crippen LogP contribution >= 0.6 is 0 Å². The Morgan fingerprint density at radius 2 is 0.707 bits per heavy atom. The van der Waals surface area contributed by atoms with Gasteiger partial charge >= 0.3 is 0 Å². The van der Waals surface area contributed by atoms with Crippen LogP contribution in [0.1, 0.15) is 210 Å². The molecule has 5 atom stereocenters. The van der Waals surface area contributed by atoms with E-state index in [0.717, 1.165) is 160 Å². The molecule has 6 heterocycles. The predicted octanol–water partition coefficient (Wildman–Crippen LogP) is 18.9. The Bertz CT molecular complexity index is 7250. The molecule has 35 nitrogen and oxygen atoms in total. The molecule has 0 amide bonds. The van der Waals surface area contributed by atoms with Gasteiger partial charge < -0.3 is 97.5 Å². The maximum absolute atomic E-state index is 12.7. The average Bonchev–Trinajstić information content (AvgIpc) is 1.65. The van der Waals surface area contributed by atoms with Gasteiger partial charge in [-0.1, -0.05) is 117 Å². The predicted molar refractivity (Wildman–Crippen MR) is 563 cm³/mol. The Labute approximate surface area is 870 Å². The average molecular weight is 2050 g/mol. The summed E-state index contributed by atoms with van der Waals surface area (Å²) < 4.78 is 95.6. The minimum atomic E-state index is -3.38. The van der Waals surface area contributed by atoms with E-state index < -0.39 is 22.2 Å². The zero-order chi connectivity index (χ0) is 105. The normalized spacial score (nSPS) is 16.0. The van der Waals surface area contributed by atoms with Crippen molar-refractivity contribution in [3.8, 4) is 167 Å². The lowest BCUT2D eigenvalue weighted by atomic mass is 10.0.